The molecule has 0 saturated carbocycles. The van der Waals surface area contributed by atoms with Gasteiger partial charge in [0.25, 0.3) is 10.0 Å². The van der Waals surface area contributed by atoms with Crippen molar-refractivity contribution in [2.75, 3.05) is 11.8 Å². The van der Waals surface area contributed by atoms with Gasteiger partial charge >= 0.3 is 0 Å². The fourth-order valence-corrected chi connectivity index (χ4v) is 5.24. The molecule has 0 amide bonds. The molecule has 1 heterocycles. The first-order valence-corrected chi connectivity index (χ1v) is 11.0. The normalized spacial score (nSPS) is 11.5. The van der Waals surface area contributed by atoms with Crippen molar-refractivity contribution in [2.45, 2.75) is 4.90 Å². The Morgan fingerprint density at radius 2 is 1.82 bits per heavy atom. The third-order valence-corrected chi connectivity index (χ3v) is 6.67. The third kappa shape index (κ3) is 3.69. The Kier molecular flexibility index (Phi) is 4.97. The summed E-state index contributed by atoms with van der Waals surface area (Å²) in [7, 11) is -2.49. The largest absolute Gasteiger partial charge is 0.495 e. The molecule has 3 aromatic carbocycles. The van der Waals surface area contributed by atoms with E-state index in [4.69, 9.17) is 16.3 Å². The zero-order valence-electron chi connectivity index (χ0n) is 14.7. The van der Waals surface area contributed by atoms with Crippen LogP contribution >= 0.6 is 22.9 Å². The number of nitrogens with one attached hydrogen (secondary N) is 1. The number of thiazole rings is 1. The van der Waals surface area contributed by atoms with Crippen LogP contribution in [0.4, 0.5) is 5.13 Å². The van der Waals surface area contributed by atoms with E-state index in [2.05, 4.69) is 9.71 Å². The second-order valence-electron chi connectivity index (χ2n) is 6.00. The van der Waals surface area contributed by atoms with Crippen LogP contribution in [0.5, 0.6) is 5.75 Å². The van der Waals surface area contributed by atoms with E-state index in [0.717, 1.165) is 16.3 Å². The average Bonchev–Trinajstić information content (AvgIpc) is 3.15. The molecule has 0 aliphatic heterocycles. The SMILES string of the molecule is COc1ccc(Cl)cc1S(=O)(=O)Nc1nc(-c2ccc3ccccc3c2)cs1. The molecule has 4 rings (SSSR count). The lowest BCUT2D eigenvalue weighted by atomic mass is 10.1. The minimum atomic E-state index is -3.89. The number of ether oxygens (including phenoxy) is 1. The van der Waals surface area contributed by atoms with Crippen LogP contribution in [0, 0.1) is 0 Å². The van der Waals surface area contributed by atoms with Crippen molar-refractivity contribution in [3.8, 4) is 17.0 Å². The molecule has 0 saturated heterocycles. The summed E-state index contributed by atoms with van der Waals surface area (Å²) < 4.78 is 33.2. The first-order chi connectivity index (χ1) is 13.5. The fourth-order valence-electron chi connectivity index (χ4n) is 2.83. The molecule has 1 N–H and O–H groups in total. The maximum absolute atomic E-state index is 12.8. The number of hydrogen-bond donors (Lipinski definition) is 1. The number of anilines is 1. The molecule has 0 unspecified atom stereocenters. The van der Waals surface area contributed by atoms with Crippen LogP contribution in [-0.4, -0.2) is 20.5 Å². The van der Waals surface area contributed by atoms with E-state index in [1.54, 1.807) is 6.07 Å². The average molecular weight is 431 g/mol. The molecular weight excluding hydrogens is 416 g/mol. The molecule has 5 nitrogen and oxygen atoms in total. The molecule has 8 heteroatoms. The molecule has 142 valence electrons. The van der Waals surface area contributed by atoms with E-state index in [9.17, 15) is 8.42 Å². The molecule has 0 aliphatic carbocycles. The predicted octanol–water partition coefficient (Wildman–Crippen LogP) is 5.43. The molecule has 4 aromatic rings. The van der Waals surface area contributed by atoms with Gasteiger partial charge in [0.05, 0.1) is 12.8 Å². The van der Waals surface area contributed by atoms with Crippen LogP contribution in [0.3, 0.4) is 0 Å². The number of hydrogen-bond acceptors (Lipinski definition) is 5. The first kappa shape index (κ1) is 18.7. The molecule has 0 radical (unpaired) electrons. The van der Waals surface area contributed by atoms with Gasteiger partial charge in [-0.3, -0.25) is 4.72 Å². The van der Waals surface area contributed by atoms with Crippen molar-refractivity contribution < 1.29 is 13.2 Å². The van der Waals surface area contributed by atoms with Crippen LogP contribution in [0.15, 0.2) is 70.9 Å². The van der Waals surface area contributed by atoms with Gasteiger partial charge in [0.2, 0.25) is 0 Å². The lowest BCUT2D eigenvalue weighted by molar-refractivity contribution is 0.403. The maximum Gasteiger partial charge on any atom is 0.267 e. The summed E-state index contributed by atoms with van der Waals surface area (Å²) >= 11 is 7.17. The number of benzene rings is 3. The first-order valence-electron chi connectivity index (χ1n) is 8.27. The topological polar surface area (TPSA) is 68.3 Å². The molecule has 0 aliphatic rings. The highest BCUT2D eigenvalue weighted by Crippen LogP contribution is 2.32. The van der Waals surface area contributed by atoms with Gasteiger partial charge < -0.3 is 4.74 Å². The second kappa shape index (κ2) is 7.43. The van der Waals surface area contributed by atoms with E-state index < -0.39 is 10.0 Å². The van der Waals surface area contributed by atoms with Crippen LogP contribution < -0.4 is 9.46 Å². The Labute approximate surface area is 171 Å². The van der Waals surface area contributed by atoms with E-state index in [1.807, 2.05) is 47.8 Å². The molecule has 0 spiro atoms. The number of methoxy groups -OCH3 is 1. The molecular formula is C20H15ClN2O3S2. The third-order valence-electron chi connectivity index (χ3n) is 4.19. The number of fused-ring (bicyclic) bond motifs is 1. The van der Waals surface area contributed by atoms with Gasteiger partial charge in [-0.05, 0) is 35.0 Å². The number of sulfonamides is 1. The molecule has 28 heavy (non-hydrogen) atoms. The maximum atomic E-state index is 12.8. The Hall–Kier alpha value is -2.61. The van der Waals surface area contributed by atoms with Gasteiger partial charge in [0.15, 0.2) is 5.13 Å². The highest BCUT2D eigenvalue weighted by atomic mass is 35.5. The summed E-state index contributed by atoms with van der Waals surface area (Å²) in [5, 5.41) is 4.62. The Bertz CT molecular complexity index is 1270. The van der Waals surface area contributed by atoms with E-state index in [0.29, 0.717) is 10.7 Å². The van der Waals surface area contributed by atoms with Gasteiger partial charge in [0, 0.05) is 16.0 Å². The van der Waals surface area contributed by atoms with E-state index in [-0.39, 0.29) is 15.8 Å². The highest BCUT2D eigenvalue weighted by Gasteiger charge is 2.21. The van der Waals surface area contributed by atoms with Crippen LogP contribution in [0.25, 0.3) is 22.0 Å². The summed E-state index contributed by atoms with van der Waals surface area (Å²) in [5.74, 6) is 0.211. The van der Waals surface area contributed by atoms with Gasteiger partial charge in [-0.2, -0.15) is 0 Å². The van der Waals surface area contributed by atoms with Crippen LogP contribution in [-0.2, 0) is 10.0 Å². The summed E-state index contributed by atoms with van der Waals surface area (Å²) in [6.07, 6.45) is 0. The standard InChI is InChI=1S/C20H15ClN2O3S2/c1-26-18-9-8-16(21)11-19(18)28(24,25)23-20-22-17(12-27-20)15-7-6-13-4-2-3-5-14(13)10-15/h2-12H,1H3,(H,22,23). The van der Waals surface area contributed by atoms with Crippen molar-refractivity contribution >= 4 is 48.9 Å². The van der Waals surface area contributed by atoms with Crippen molar-refractivity contribution in [1.29, 1.82) is 0 Å². The van der Waals surface area contributed by atoms with E-state index in [1.165, 1.54) is 30.6 Å². The van der Waals surface area contributed by atoms with Gasteiger partial charge in [-0.25, -0.2) is 13.4 Å². The van der Waals surface area contributed by atoms with Crippen molar-refractivity contribution in [2.24, 2.45) is 0 Å². The minimum absolute atomic E-state index is 0.0371. The van der Waals surface area contributed by atoms with Gasteiger partial charge in [-0.15, -0.1) is 11.3 Å². The minimum Gasteiger partial charge on any atom is -0.495 e. The zero-order valence-corrected chi connectivity index (χ0v) is 17.1. The van der Waals surface area contributed by atoms with Crippen molar-refractivity contribution in [1.82, 2.24) is 4.98 Å². The van der Waals surface area contributed by atoms with Crippen molar-refractivity contribution in [3.63, 3.8) is 0 Å². The Balaban J connectivity index is 1.65. The number of halogens is 1. The monoisotopic (exact) mass is 430 g/mol. The summed E-state index contributed by atoms with van der Waals surface area (Å²) in [6.45, 7) is 0. The lowest BCUT2D eigenvalue weighted by Crippen LogP contribution is -2.14. The van der Waals surface area contributed by atoms with Gasteiger partial charge in [0.1, 0.15) is 10.6 Å². The predicted molar refractivity (Wildman–Crippen MR) is 114 cm³/mol. The summed E-state index contributed by atoms with van der Waals surface area (Å²) in [5.41, 5.74) is 1.62. The van der Waals surface area contributed by atoms with Crippen LogP contribution in [0.2, 0.25) is 5.02 Å². The number of nitrogens with zero attached hydrogens (tertiary/aromatic N) is 1. The Morgan fingerprint density at radius 3 is 2.61 bits per heavy atom. The summed E-state index contributed by atoms with van der Waals surface area (Å²) in [4.78, 5) is 4.39. The van der Waals surface area contributed by atoms with Crippen LogP contribution in [0.1, 0.15) is 0 Å². The second-order valence-corrected chi connectivity index (χ2v) is 8.95. The smallest absolute Gasteiger partial charge is 0.267 e. The number of rotatable bonds is 5. The summed E-state index contributed by atoms with van der Waals surface area (Å²) in [6, 6.07) is 18.5. The quantitative estimate of drug-likeness (QED) is 0.458. The molecule has 1 aromatic heterocycles. The van der Waals surface area contributed by atoms with E-state index >= 15 is 0 Å². The zero-order chi connectivity index (χ0) is 19.7. The number of aromatic nitrogens is 1. The van der Waals surface area contributed by atoms with Crippen molar-refractivity contribution in [3.05, 3.63) is 71.1 Å². The molecule has 0 fully saturated rings. The molecule has 0 atom stereocenters. The molecule has 0 bridgehead atoms. The highest BCUT2D eigenvalue weighted by molar-refractivity contribution is 7.93. The Morgan fingerprint density at radius 1 is 1.04 bits per heavy atom. The lowest BCUT2D eigenvalue weighted by Gasteiger charge is -2.10. The van der Waals surface area contributed by atoms with Gasteiger partial charge in [-0.1, -0.05) is 48.0 Å². The fraction of sp³-hybridized carbons (Fsp3) is 0.0500.